The minimum Gasteiger partial charge on any atom is -0.460 e. The van der Waals surface area contributed by atoms with E-state index in [1.54, 1.807) is 33.8 Å². The number of carbonyl (C=O) groups is 1. The van der Waals surface area contributed by atoms with Gasteiger partial charge in [0.25, 0.3) is 0 Å². The molecule has 1 aromatic carbocycles. The summed E-state index contributed by atoms with van der Waals surface area (Å²) in [5.74, 6) is -0.304. The molecule has 5 nitrogen and oxygen atoms in total. The van der Waals surface area contributed by atoms with Gasteiger partial charge in [0.05, 0.1) is 12.0 Å². The van der Waals surface area contributed by atoms with Gasteiger partial charge in [0.2, 0.25) is 11.7 Å². The van der Waals surface area contributed by atoms with Gasteiger partial charge >= 0.3 is 5.97 Å². The third-order valence-electron chi connectivity index (χ3n) is 3.37. The van der Waals surface area contributed by atoms with Gasteiger partial charge in [-0.1, -0.05) is 25.1 Å². The summed E-state index contributed by atoms with van der Waals surface area (Å²) in [5, 5.41) is 3.79. The van der Waals surface area contributed by atoms with Crippen molar-refractivity contribution in [1.82, 2.24) is 10.1 Å². The van der Waals surface area contributed by atoms with E-state index in [0.29, 0.717) is 11.5 Å². The molecule has 0 aliphatic carbocycles. The third-order valence-corrected chi connectivity index (χ3v) is 3.37. The molecule has 0 saturated carbocycles. The van der Waals surface area contributed by atoms with Crippen LogP contribution in [-0.4, -0.2) is 21.7 Å². The van der Waals surface area contributed by atoms with E-state index in [1.807, 2.05) is 13.8 Å². The Hall–Kier alpha value is -2.24. The molecule has 24 heavy (non-hydrogen) atoms. The van der Waals surface area contributed by atoms with E-state index < -0.39 is 17.4 Å². The van der Waals surface area contributed by atoms with Gasteiger partial charge in [-0.2, -0.15) is 4.98 Å². The van der Waals surface area contributed by atoms with Crippen LogP contribution in [0.25, 0.3) is 11.4 Å². The molecule has 130 valence electrons. The van der Waals surface area contributed by atoms with Crippen molar-refractivity contribution < 1.29 is 18.4 Å². The quantitative estimate of drug-likeness (QED) is 0.784. The Morgan fingerprint density at radius 3 is 2.50 bits per heavy atom. The Kier molecular flexibility index (Phi) is 5.06. The summed E-state index contributed by atoms with van der Waals surface area (Å²) in [6.45, 7) is 10.9. The first-order valence-corrected chi connectivity index (χ1v) is 7.91. The highest BCUT2D eigenvalue weighted by Gasteiger charge is 2.23. The van der Waals surface area contributed by atoms with E-state index in [2.05, 4.69) is 10.1 Å². The molecule has 0 unspecified atom stereocenters. The largest absolute Gasteiger partial charge is 0.460 e. The normalized spacial score (nSPS) is 11.8. The summed E-state index contributed by atoms with van der Waals surface area (Å²) in [6.07, 6.45) is -0.0579. The standard InChI is InChI=1S/C18H23FN2O3/c1-10(2)12-7-13(9-15(22)23-18(4,5)6)16(14(19)8-12)17-20-11(3)24-21-17/h7-8,10H,9H2,1-6H3. The lowest BCUT2D eigenvalue weighted by Gasteiger charge is -2.20. The Labute approximate surface area is 141 Å². The number of hydrogen-bond donors (Lipinski definition) is 0. The number of hydrogen-bond acceptors (Lipinski definition) is 5. The average Bonchev–Trinajstić information content (AvgIpc) is 2.81. The van der Waals surface area contributed by atoms with Gasteiger partial charge < -0.3 is 9.26 Å². The fraction of sp³-hybridized carbons (Fsp3) is 0.500. The van der Waals surface area contributed by atoms with Crippen LogP contribution in [-0.2, 0) is 16.0 Å². The van der Waals surface area contributed by atoms with E-state index in [4.69, 9.17) is 9.26 Å². The Morgan fingerprint density at radius 2 is 2.00 bits per heavy atom. The van der Waals surface area contributed by atoms with Crippen molar-refractivity contribution in [1.29, 1.82) is 0 Å². The molecule has 0 N–H and O–H groups in total. The van der Waals surface area contributed by atoms with Crippen molar-refractivity contribution in [2.24, 2.45) is 0 Å². The van der Waals surface area contributed by atoms with Crippen molar-refractivity contribution in [3.8, 4) is 11.4 Å². The number of benzene rings is 1. The summed E-state index contributed by atoms with van der Waals surface area (Å²) in [7, 11) is 0. The van der Waals surface area contributed by atoms with E-state index in [9.17, 15) is 9.18 Å². The van der Waals surface area contributed by atoms with Crippen LogP contribution < -0.4 is 0 Å². The molecule has 0 bridgehead atoms. The molecule has 0 saturated heterocycles. The molecule has 0 aliphatic heterocycles. The van der Waals surface area contributed by atoms with Crippen LogP contribution in [0, 0.1) is 12.7 Å². The van der Waals surface area contributed by atoms with Gasteiger partial charge in [-0.05, 0) is 43.9 Å². The second-order valence-electron chi connectivity index (χ2n) is 7.09. The molecular formula is C18H23FN2O3. The maximum Gasteiger partial charge on any atom is 0.310 e. The highest BCUT2D eigenvalue weighted by Crippen LogP contribution is 2.30. The van der Waals surface area contributed by atoms with Crippen LogP contribution in [0.2, 0.25) is 0 Å². The fourth-order valence-electron chi connectivity index (χ4n) is 2.34. The first-order valence-electron chi connectivity index (χ1n) is 7.91. The van der Waals surface area contributed by atoms with Crippen LogP contribution in [0.5, 0.6) is 0 Å². The predicted molar refractivity (Wildman–Crippen MR) is 88.1 cm³/mol. The van der Waals surface area contributed by atoms with Gasteiger partial charge in [0.1, 0.15) is 11.4 Å². The highest BCUT2D eigenvalue weighted by molar-refractivity contribution is 5.77. The van der Waals surface area contributed by atoms with E-state index in [1.165, 1.54) is 6.07 Å². The Balaban J connectivity index is 2.48. The lowest BCUT2D eigenvalue weighted by atomic mass is 9.94. The van der Waals surface area contributed by atoms with E-state index in [-0.39, 0.29) is 23.7 Å². The van der Waals surface area contributed by atoms with Crippen LogP contribution in [0.1, 0.15) is 57.6 Å². The average molecular weight is 334 g/mol. The first-order chi connectivity index (χ1) is 11.1. The number of aryl methyl sites for hydroxylation is 1. The van der Waals surface area contributed by atoms with E-state index >= 15 is 0 Å². The molecule has 6 heteroatoms. The summed E-state index contributed by atoms with van der Waals surface area (Å²) < 4.78 is 25.0. The predicted octanol–water partition coefficient (Wildman–Crippen LogP) is 4.19. The number of carbonyl (C=O) groups excluding carboxylic acids is 1. The number of aromatic nitrogens is 2. The number of rotatable bonds is 4. The molecule has 0 aliphatic rings. The van der Waals surface area contributed by atoms with E-state index in [0.717, 1.165) is 5.56 Å². The van der Waals surface area contributed by atoms with Gasteiger partial charge in [-0.15, -0.1) is 0 Å². The smallest absolute Gasteiger partial charge is 0.310 e. The number of ether oxygens (including phenoxy) is 1. The molecule has 0 atom stereocenters. The van der Waals surface area contributed by atoms with Crippen molar-refractivity contribution in [2.45, 2.75) is 59.5 Å². The molecule has 1 aromatic heterocycles. The molecule has 1 heterocycles. The lowest BCUT2D eigenvalue weighted by molar-refractivity contribution is -0.153. The van der Waals surface area contributed by atoms with Crippen molar-refractivity contribution in [2.75, 3.05) is 0 Å². The zero-order chi connectivity index (χ0) is 18.1. The van der Waals surface area contributed by atoms with Crippen LogP contribution in [0.4, 0.5) is 4.39 Å². The maximum absolute atomic E-state index is 14.7. The molecule has 2 rings (SSSR count). The van der Waals surface area contributed by atoms with Crippen LogP contribution in [0.3, 0.4) is 0 Å². The molecule has 0 radical (unpaired) electrons. The van der Waals surface area contributed by atoms with Crippen molar-refractivity contribution >= 4 is 5.97 Å². The summed E-state index contributed by atoms with van der Waals surface area (Å²) in [6, 6.07) is 3.25. The zero-order valence-corrected chi connectivity index (χ0v) is 14.9. The second kappa shape index (κ2) is 6.71. The van der Waals surface area contributed by atoms with Crippen molar-refractivity contribution in [3.05, 3.63) is 35.0 Å². The second-order valence-corrected chi connectivity index (χ2v) is 7.09. The van der Waals surface area contributed by atoms with Gasteiger partial charge in [0, 0.05) is 6.92 Å². The SMILES string of the molecule is Cc1nc(-c2c(F)cc(C(C)C)cc2CC(=O)OC(C)(C)C)no1. The monoisotopic (exact) mass is 334 g/mol. The Bertz CT molecular complexity index is 745. The van der Waals surface area contributed by atoms with Crippen molar-refractivity contribution in [3.63, 3.8) is 0 Å². The maximum atomic E-state index is 14.7. The summed E-state index contributed by atoms with van der Waals surface area (Å²) in [5.41, 5.74) is 0.875. The Morgan fingerprint density at radius 1 is 1.33 bits per heavy atom. The summed E-state index contributed by atoms with van der Waals surface area (Å²) in [4.78, 5) is 16.3. The lowest BCUT2D eigenvalue weighted by Crippen LogP contribution is -2.25. The number of nitrogens with zero attached hydrogens (tertiary/aromatic N) is 2. The number of halogens is 1. The molecule has 0 fully saturated rings. The first kappa shape index (κ1) is 18.1. The minimum atomic E-state index is -0.603. The van der Waals surface area contributed by atoms with Gasteiger partial charge in [-0.3, -0.25) is 4.79 Å². The molecule has 2 aromatic rings. The number of esters is 1. The topological polar surface area (TPSA) is 65.2 Å². The van der Waals surface area contributed by atoms with Gasteiger partial charge in [0.15, 0.2) is 0 Å². The molecule has 0 amide bonds. The minimum absolute atomic E-state index is 0.0579. The fourth-order valence-corrected chi connectivity index (χ4v) is 2.34. The molecular weight excluding hydrogens is 311 g/mol. The molecule has 0 spiro atoms. The van der Waals surface area contributed by atoms with Crippen LogP contribution >= 0.6 is 0 Å². The summed E-state index contributed by atoms with van der Waals surface area (Å²) >= 11 is 0. The third kappa shape index (κ3) is 4.40. The highest BCUT2D eigenvalue weighted by atomic mass is 19.1. The van der Waals surface area contributed by atoms with Gasteiger partial charge in [-0.25, -0.2) is 4.39 Å². The van der Waals surface area contributed by atoms with Crippen LogP contribution in [0.15, 0.2) is 16.7 Å². The zero-order valence-electron chi connectivity index (χ0n) is 14.9.